The van der Waals surface area contributed by atoms with Crippen LogP contribution in [-0.2, 0) is 11.2 Å². The summed E-state index contributed by atoms with van der Waals surface area (Å²) < 4.78 is 27.9. The third-order valence-electron chi connectivity index (χ3n) is 2.26. The van der Waals surface area contributed by atoms with Crippen molar-refractivity contribution in [3.63, 3.8) is 0 Å². The molecule has 0 saturated heterocycles. The number of aliphatic carboxylic acids is 1. The first-order valence-corrected chi connectivity index (χ1v) is 4.99. The van der Waals surface area contributed by atoms with Crippen molar-refractivity contribution in [2.24, 2.45) is 11.7 Å². The Kier molecular flexibility index (Phi) is 4.84. The average Bonchev–Trinajstić information content (AvgIpc) is 2.26. The second kappa shape index (κ2) is 6.15. The highest BCUT2D eigenvalue weighted by Crippen LogP contribution is 2.17. The Hall–Kier alpha value is -1.69. The minimum atomic E-state index is -2.86. The lowest BCUT2D eigenvalue weighted by Crippen LogP contribution is -2.25. The molecule has 0 spiro atoms. The van der Waals surface area contributed by atoms with E-state index < -0.39 is 18.5 Å². The van der Waals surface area contributed by atoms with Crippen molar-refractivity contribution in [3.05, 3.63) is 29.8 Å². The van der Waals surface area contributed by atoms with Crippen molar-refractivity contribution < 1.29 is 23.4 Å². The minimum absolute atomic E-state index is 0.0324. The zero-order valence-electron chi connectivity index (χ0n) is 8.98. The average molecular weight is 245 g/mol. The maximum Gasteiger partial charge on any atom is 0.387 e. The SMILES string of the molecule is NCC(Cc1ccc(OC(F)F)cc1)C(=O)O. The Bertz CT molecular complexity index is 367. The van der Waals surface area contributed by atoms with E-state index in [1.54, 1.807) is 12.1 Å². The number of hydrogen-bond acceptors (Lipinski definition) is 3. The molecule has 1 atom stereocenters. The van der Waals surface area contributed by atoms with Gasteiger partial charge in [0.2, 0.25) is 0 Å². The lowest BCUT2D eigenvalue weighted by molar-refractivity contribution is -0.141. The fourth-order valence-corrected chi connectivity index (χ4v) is 1.36. The van der Waals surface area contributed by atoms with E-state index in [0.29, 0.717) is 5.56 Å². The first-order valence-electron chi connectivity index (χ1n) is 4.99. The van der Waals surface area contributed by atoms with Crippen LogP contribution in [0.1, 0.15) is 5.56 Å². The third kappa shape index (κ3) is 4.36. The van der Waals surface area contributed by atoms with Crippen molar-refractivity contribution in [1.82, 2.24) is 0 Å². The van der Waals surface area contributed by atoms with Crippen LogP contribution in [0.4, 0.5) is 8.78 Å². The molecule has 0 aliphatic heterocycles. The summed E-state index contributed by atoms with van der Waals surface area (Å²) in [4.78, 5) is 10.7. The summed E-state index contributed by atoms with van der Waals surface area (Å²) in [6.45, 7) is -2.83. The number of hydrogen-bond donors (Lipinski definition) is 2. The maximum atomic E-state index is 11.9. The van der Waals surface area contributed by atoms with Gasteiger partial charge in [-0.15, -0.1) is 0 Å². The summed E-state index contributed by atoms with van der Waals surface area (Å²) in [5.74, 6) is -1.60. The zero-order valence-corrected chi connectivity index (χ0v) is 8.98. The highest BCUT2D eigenvalue weighted by atomic mass is 19.3. The maximum absolute atomic E-state index is 11.9. The summed E-state index contributed by atoms with van der Waals surface area (Å²) >= 11 is 0. The van der Waals surface area contributed by atoms with Gasteiger partial charge in [-0.2, -0.15) is 8.78 Å². The lowest BCUT2D eigenvalue weighted by Gasteiger charge is -2.10. The molecule has 0 aliphatic carbocycles. The lowest BCUT2D eigenvalue weighted by atomic mass is 10.00. The summed E-state index contributed by atoms with van der Waals surface area (Å²) in [5.41, 5.74) is 6.03. The smallest absolute Gasteiger partial charge is 0.387 e. The summed E-state index contributed by atoms with van der Waals surface area (Å²) in [6, 6.07) is 5.83. The Labute approximate surface area is 97.0 Å². The molecule has 17 heavy (non-hydrogen) atoms. The largest absolute Gasteiger partial charge is 0.481 e. The topological polar surface area (TPSA) is 72.5 Å². The standard InChI is InChI=1S/C11H13F2NO3/c12-11(13)17-9-3-1-7(2-4-9)5-8(6-14)10(15)16/h1-4,8,11H,5-6,14H2,(H,15,16). The molecule has 1 aromatic rings. The molecule has 0 fully saturated rings. The quantitative estimate of drug-likeness (QED) is 0.796. The van der Waals surface area contributed by atoms with Crippen molar-refractivity contribution in [3.8, 4) is 5.75 Å². The molecule has 1 rings (SSSR count). The van der Waals surface area contributed by atoms with Gasteiger partial charge in [0, 0.05) is 6.54 Å². The predicted octanol–water partition coefficient (Wildman–Crippen LogP) is 1.49. The van der Waals surface area contributed by atoms with Gasteiger partial charge in [0.05, 0.1) is 5.92 Å². The molecule has 3 N–H and O–H groups in total. The first kappa shape index (κ1) is 13.4. The van der Waals surface area contributed by atoms with Crippen LogP contribution in [0.5, 0.6) is 5.75 Å². The highest BCUT2D eigenvalue weighted by Gasteiger charge is 2.15. The van der Waals surface area contributed by atoms with Gasteiger partial charge in [-0.1, -0.05) is 12.1 Å². The van der Waals surface area contributed by atoms with Gasteiger partial charge in [0.1, 0.15) is 5.75 Å². The number of rotatable bonds is 6. The third-order valence-corrected chi connectivity index (χ3v) is 2.26. The zero-order chi connectivity index (χ0) is 12.8. The van der Waals surface area contributed by atoms with Gasteiger partial charge in [-0.3, -0.25) is 4.79 Å². The first-order chi connectivity index (χ1) is 8.02. The van der Waals surface area contributed by atoms with E-state index in [1.165, 1.54) is 12.1 Å². The van der Waals surface area contributed by atoms with Crippen LogP contribution in [-0.4, -0.2) is 24.2 Å². The second-order valence-corrected chi connectivity index (χ2v) is 3.50. The Morgan fingerprint density at radius 1 is 1.35 bits per heavy atom. The molecule has 0 radical (unpaired) electrons. The molecule has 0 saturated carbocycles. The summed E-state index contributed by atoms with van der Waals surface area (Å²) in [7, 11) is 0. The monoisotopic (exact) mass is 245 g/mol. The van der Waals surface area contributed by atoms with Crippen molar-refractivity contribution >= 4 is 5.97 Å². The van der Waals surface area contributed by atoms with Crippen molar-refractivity contribution in [2.45, 2.75) is 13.0 Å². The molecule has 0 heterocycles. The fourth-order valence-electron chi connectivity index (χ4n) is 1.36. The molecular weight excluding hydrogens is 232 g/mol. The second-order valence-electron chi connectivity index (χ2n) is 3.50. The van der Waals surface area contributed by atoms with Crippen LogP contribution in [0.2, 0.25) is 0 Å². The molecule has 94 valence electrons. The van der Waals surface area contributed by atoms with Crippen LogP contribution >= 0.6 is 0 Å². The number of carbonyl (C=O) groups is 1. The van der Waals surface area contributed by atoms with E-state index in [4.69, 9.17) is 10.8 Å². The number of nitrogens with two attached hydrogens (primary N) is 1. The van der Waals surface area contributed by atoms with Crippen LogP contribution in [0.15, 0.2) is 24.3 Å². The molecule has 0 amide bonds. The van der Waals surface area contributed by atoms with Crippen molar-refractivity contribution in [2.75, 3.05) is 6.54 Å². The van der Waals surface area contributed by atoms with E-state index >= 15 is 0 Å². The van der Waals surface area contributed by atoms with Crippen LogP contribution < -0.4 is 10.5 Å². The number of carboxylic acid groups (broad SMARTS) is 1. The number of alkyl halides is 2. The molecular formula is C11H13F2NO3. The van der Waals surface area contributed by atoms with E-state index in [-0.39, 0.29) is 18.7 Å². The normalized spacial score (nSPS) is 12.5. The molecule has 4 nitrogen and oxygen atoms in total. The highest BCUT2D eigenvalue weighted by molar-refractivity contribution is 5.70. The minimum Gasteiger partial charge on any atom is -0.481 e. The summed E-state index contributed by atoms with van der Waals surface area (Å²) in [5, 5.41) is 8.80. The van der Waals surface area contributed by atoms with Crippen LogP contribution in [0.25, 0.3) is 0 Å². The van der Waals surface area contributed by atoms with Gasteiger partial charge in [-0.25, -0.2) is 0 Å². The van der Waals surface area contributed by atoms with Gasteiger partial charge < -0.3 is 15.6 Å². The van der Waals surface area contributed by atoms with E-state index in [1.807, 2.05) is 0 Å². The van der Waals surface area contributed by atoms with Crippen molar-refractivity contribution in [1.29, 1.82) is 0 Å². The van der Waals surface area contributed by atoms with Crippen LogP contribution in [0, 0.1) is 5.92 Å². The molecule has 1 unspecified atom stereocenters. The predicted molar refractivity (Wildman–Crippen MR) is 57.0 cm³/mol. The molecule has 0 aromatic heterocycles. The van der Waals surface area contributed by atoms with Gasteiger partial charge in [0.25, 0.3) is 0 Å². The number of carboxylic acids is 1. The van der Waals surface area contributed by atoms with Gasteiger partial charge in [0.15, 0.2) is 0 Å². The van der Waals surface area contributed by atoms with E-state index in [0.717, 1.165) is 0 Å². The molecule has 0 bridgehead atoms. The Morgan fingerprint density at radius 3 is 2.35 bits per heavy atom. The Balaban J connectivity index is 2.64. The number of halogens is 2. The number of benzene rings is 1. The molecule has 1 aromatic carbocycles. The van der Waals surface area contributed by atoms with E-state index in [9.17, 15) is 13.6 Å². The number of ether oxygens (including phenoxy) is 1. The Morgan fingerprint density at radius 2 is 1.94 bits per heavy atom. The fraction of sp³-hybridized carbons (Fsp3) is 0.364. The molecule has 6 heteroatoms. The summed E-state index contributed by atoms with van der Waals surface area (Å²) in [6.07, 6.45) is 0.265. The van der Waals surface area contributed by atoms with E-state index in [2.05, 4.69) is 4.74 Å². The van der Waals surface area contributed by atoms with Gasteiger partial charge in [-0.05, 0) is 24.1 Å². The van der Waals surface area contributed by atoms with Gasteiger partial charge >= 0.3 is 12.6 Å². The molecule has 0 aliphatic rings. The van der Waals surface area contributed by atoms with Crippen LogP contribution in [0.3, 0.4) is 0 Å².